The lowest BCUT2D eigenvalue weighted by Gasteiger charge is -2.05. The first-order valence-corrected chi connectivity index (χ1v) is 6.84. The minimum atomic E-state index is 0.730. The highest BCUT2D eigenvalue weighted by atomic mass is 16.4. The SMILES string of the molecule is C1CCCCC1.CCO[B]c1ccc(C)cc1. The number of aryl methyl sites for hydroxylation is 1. The Morgan fingerprint density at radius 3 is 1.82 bits per heavy atom. The zero-order chi connectivity index (χ0) is 12.3. The van der Waals surface area contributed by atoms with Crippen molar-refractivity contribution in [1.82, 2.24) is 0 Å². The van der Waals surface area contributed by atoms with Crippen LogP contribution in [-0.2, 0) is 4.65 Å². The van der Waals surface area contributed by atoms with E-state index in [9.17, 15) is 0 Å². The van der Waals surface area contributed by atoms with Crippen LogP contribution in [0.1, 0.15) is 51.0 Å². The predicted octanol–water partition coefficient (Wildman–Crippen LogP) is 3.62. The van der Waals surface area contributed by atoms with Crippen molar-refractivity contribution in [3.05, 3.63) is 29.8 Å². The molecule has 1 aliphatic carbocycles. The molecule has 0 bridgehead atoms. The maximum atomic E-state index is 5.13. The van der Waals surface area contributed by atoms with Gasteiger partial charge in [0.05, 0.1) is 0 Å². The molecule has 0 N–H and O–H groups in total. The molecule has 2 heteroatoms. The molecule has 1 aliphatic rings. The van der Waals surface area contributed by atoms with E-state index < -0.39 is 0 Å². The second kappa shape index (κ2) is 9.29. The van der Waals surface area contributed by atoms with Gasteiger partial charge >= 0.3 is 7.48 Å². The van der Waals surface area contributed by atoms with Crippen LogP contribution in [0.4, 0.5) is 0 Å². The van der Waals surface area contributed by atoms with Crippen molar-refractivity contribution >= 4 is 12.9 Å². The van der Waals surface area contributed by atoms with Gasteiger partial charge in [-0.25, -0.2) is 0 Å². The van der Waals surface area contributed by atoms with E-state index in [1.807, 2.05) is 19.1 Å². The van der Waals surface area contributed by atoms with Crippen molar-refractivity contribution in [1.29, 1.82) is 0 Å². The van der Waals surface area contributed by atoms with Gasteiger partial charge < -0.3 is 4.65 Å². The quantitative estimate of drug-likeness (QED) is 0.722. The maximum Gasteiger partial charge on any atom is 0.329 e. The lowest BCUT2D eigenvalue weighted by atomic mass is 9.88. The first-order chi connectivity index (χ1) is 8.33. The summed E-state index contributed by atoms with van der Waals surface area (Å²) in [4.78, 5) is 0. The van der Waals surface area contributed by atoms with E-state index in [-0.39, 0.29) is 0 Å². The molecule has 0 amide bonds. The predicted molar refractivity (Wildman–Crippen MR) is 75.9 cm³/mol. The molecule has 93 valence electrons. The zero-order valence-electron chi connectivity index (χ0n) is 11.2. The standard InChI is InChI=1S/C9H12BO.C6H12/c1-3-11-10-9-6-4-8(2)5-7-9;1-2-4-6-5-3-1/h4-7H,3H2,1-2H3;1-6H2. The molecular weight excluding hydrogens is 207 g/mol. The highest BCUT2D eigenvalue weighted by Gasteiger charge is 1.95. The zero-order valence-corrected chi connectivity index (χ0v) is 11.2. The topological polar surface area (TPSA) is 9.23 Å². The summed E-state index contributed by atoms with van der Waals surface area (Å²) in [5.41, 5.74) is 2.40. The lowest BCUT2D eigenvalue weighted by molar-refractivity contribution is 0.367. The van der Waals surface area contributed by atoms with Gasteiger partial charge in [0.1, 0.15) is 0 Å². The first kappa shape index (κ1) is 14.3. The van der Waals surface area contributed by atoms with Gasteiger partial charge in [0.25, 0.3) is 0 Å². The molecule has 1 aromatic carbocycles. The van der Waals surface area contributed by atoms with Crippen molar-refractivity contribution in [3.8, 4) is 0 Å². The Balaban J connectivity index is 0.000000202. The van der Waals surface area contributed by atoms with Gasteiger partial charge in [0.15, 0.2) is 0 Å². The van der Waals surface area contributed by atoms with Gasteiger partial charge in [-0.15, -0.1) is 0 Å². The van der Waals surface area contributed by atoms with Crippen molar-refractivity contribution < 1.29 is 4.65 Å². The van der Waals surface area contributed by atoms with E-state index >= 15 is 0 Å². The van der Waals surface area contributed by atoms with Crippen LogP contribution in [0.15, 0.2) is 24.3 Å². The van der Waals surface area contributed by atoms with E-state index in [2.05, 4.69) is 19.1 Å². The average molecular weight is 231 g/mol. The molecule has 1 radical (unpaired) electrons. The molecule has 0 aromatic heterocycles. The molecule has 0 heterocycles. The van der Waals surface area contributed by atoms with Crippen molar-refractivity contribution in [3.63, 3.8) is 0 Å². The van der Waals surface area contributed by atoms with E-state index in [0.29, 0.717) is 0 Å². The Kier molecular flexibility index (Phi) is 7.82. The smallest absolute Gasteiger partial charge is 0.329 e. The van der Waals surface area contributed by atoms with Gasteiger partial charge in [-0.2, -0.15) is 0 Å². The van der Waals surface area contributed by atoms with Crippen LogP contribution in [0.2, 0.25) is 0 Å². The Morgan fingerprint density at radius 1 is 0.941 bits per heavy atom. The second-order valence-corrected chi connectivity index (χ2v) is 4.61. The molecule has 0 spiro atoms. The van der Waals surface area contributed by atoms with Gasteiger partial charge in [0.2, 0.25) is 0 Å². The Bertz CT molecular complexity index is 266. The van der Waals surface area contributed by atoms with E-state index in [4.69, 9.17) is 4.65 Å². The molecule has 17 heavy (non-hydrogen) atoms. The summed E-state index contributed by atoms with van der Waals surface area (Å²) in [6.45, 7) is 4.78. The molecule has 0 atom stereocenters. The fourth-order valence-corrected chi connectivity index (χ4v) is 1.89. The largest absolute Gasteiger partial charge is 0.434 e. The van der Waals surface area contributed by atoms with Crippen molar-refractivity contribution in [2.45, 2.75) is 52.4 Å². The fraction of sp³-hybridized carbons (Fsp3) is 0.600. The molecule has 1 nitrogen and oxygen atoms in total. The second-order valence-electron chi connectivity index (χ2n) is 4.61. The first-order valence-electron chi connectivity index (χ1n) is 6.84. The summed E-state index contributed by atoms with van der Waals surface area (Å²) < 4.78 is 5.13. The lowest BCUT2D eigenvalue weighted by Crippen LogP contribution is -2.16. The highest BCUT2D eigenvalue weighted by molar-refractivity contribution is 6.46. The van der Waals surface area contributed by atoms with Crippen molar-refractivity contribution in [2.24, 2.45) is 0 Å². The van der Waals surface area contributed by atoms with E-state index in [1.165, 1.54) is 44.1 Å². The van der Waals surface area contributed by atoms with Crippen LogP contribution < -0.4 is 5.46 Å². The summed E-state index contributed by atoms with van der Waals surface area (Å²) in [6.07, 6.45) is 9.00. The molecule has 1 aromatic rings. The molecule has 0 aliphatic heterocycles. The summed E-state index contributed by atoms with van der Waals surface area (Å²) in [7, 11) is 1.78. The summed E-state index contributed by atoms with van der Waals surface area (Å²) in [5, 5.41) is 0. The molecular formula is C15H24BO. The van der Waals surface area contributed by atoms with Crippen LogP contribution in [0.5, 0.6) is 0 Å². The third-order valence-electron chi connectivity index (χ3n) is 2.96. The van der Waals surface area contributed by atoms with E-state index in [1.54, 1.807) is 7.48 Å². The summed E-state index contributed by atoms with van der Waals surface area (Å²) >= 11 is 0. The van der Waals surface area contributed by atoms with Crippen LogP contribution in [0, 0.1) is 6.92 Å². The molecule has 0 unspecified atom stereocenters. The monoisotopic (exact) mass is 231 g/mol. The van der Waals surface area contributed by atoms with Gasteiger partial charge in [-0.1, -0.05) is 73.8 Å². The van der Waals surface area contributed by atoms with Gasteiger partial charge in [-0.05, 0) is 13.8 Å². The van der Waals surface area contributed by atoms with Gasteiger partial charge in [-0.3, -0.25) is 0 Å². The van der Waals surface area contributed by atoms with Crippen LogP contribution in [0.25, 0.3) is 0 Å². The highest BCUT2D eigenvalue weighted by Crippen LogP contribution is 2.15. The molecule has 1 saturated carbocycles. The number of benzene rings is 1. The third kappa shape index (κ3) is 7.22. The Morgan fingerprint density at radius 2 is 1.41 bits per heavy atom. The Labute approximate surface area is 107 Å². The molecule has 2 rings (SSSR count). The van der Waals surface area contributed by atoms with Crippen molar-refractivity contribution in [2.75, 3.05) is 6.61 Å². The average Bonchev–Trinajstić information content (AvgIpc) is 2.41. The van der Waals surface area contributed by atoms with Crippen LogP contribution in [0.3, 0.4) is 0 Å². The number of rotatable bonds is 3. The van der Waals surface area contributed by atoms with Crippen LogP contribution in [-0.4, -0.2) is 14.1 Å². The summed E-state index contributed by atoms with van der Waals surface area (Å²) in [5.74, 6) is 0. The maximum absolute atomic E-state index is 5.13. The minimum Gasteiger partial charge on any atom is -0.434 e. The van der Waals surface area contributed by atoms with Crippen LogP contribution >= 0.6 is 0 Å². The summed E-state index contributed by atoms with van der Waals surface area (Å²) in [6, 6.07) is 8.24. The molecule has 1 fully saturated rings. The number of hydrogen-bond acceptors (Lipinski definition) is 1. The normalized spacial score (nSPS) is 14.7. The third-order valence-corrected chi connectivity index (χ3v) is 2.96. The van der Waals surface area contributed by atoms with Gasteiger partial charge in [0, 0.05) is 6.61 Å². The Hall–Kier alpha value is -0.755. The minimum absolute atomic E-state index is 0.730. The molecule has 0 saturated heterocycles. The number of hydrogen-bond donors (Lipinski definition) is 0. The fourth-order valence-electron chi connectivity index (χ4n) is 1.89. The van der Waals surface area contributed by atoms with E-state index in [0.717, 1.165) is 12.1 Å².